The number of nitrogens with one attached hydrogen (secondary N) is 2. The second kappa shape index (κ2) is 9.82. The maximum absolute atomic E-state index is 13.3. The van der Waals surface area contributed by atoms with Gasteiger partial charge in [0.05, 0.1) is 11.4 Å². The van der Waals surface area contributed by atoms with Gasteiger partial charge in [-0.05, 0) is 47.4 Å². The summed E-state index contributed by atoms with van der Waals surface area (Å²) >= 11 is 0. The zero-order valence-electron chi connectivity index (χ0n) is 20.5. The van der Waals surface area contributed by atoms with Crippen LogP contribution in [0.3, 0.4) is 0 Å². The quantitative estimate of drug-likeness (QED) is 0.257. The van der Waals surface area contributed by atoms with E-state index in [1.165, 1.54) is 17.7 Å². The lowest BCUT2D eigenvalue weighted by Gasteiger charge is -2.27. The normalized spacial score (nSPS) is 13.4. The highest BCUT2D eigenvalue weighted by atomic mass is 19.1. The number of H-pyrrole nitrogens is 2. The van der Waals surface area contributed by atoms with Crippen molar-refractivity contribution in [1.29, 1.82) is 0 Å². The summed E-state index contributed by atoms with van der Waals surface area (Å²) in [4.78, 5) is 30.5. The van der Waals surface area contributed by atoms with Crippen molar-refractivity contribution < 1.29 is 9.18 Å². The second-order valence-corrected chi connectivity index (χ2v) is 9.19. The van der Waals surface area contributed by atoms with E-state index >= 15 is 0 Å². The maximum atomic E-state index is 13.3. The molecule has 4 heterocycles. The predicted octanol–water partition coefficient (Wildman–Crippen LogP) is 5.71. The summed E-state index contributed by atoms with van der Waals surface area (Å²) in [5.41, 5.74) is 12.4. The van der Waals surface area contributed by atoms with Crippen molar-refractivity contribution in [2.24, 2.45) is 0 Å². The van der Waals surface area contributed by atoms with Crippen molar-refractivity contribution in [3.05, 3.63) is 114 Å². The molecule has 0 bridgehead atoms. The Kier molecular flexibility index (Phi) is 6.05. The van der Waals surface area contributed by atoms with E-state index in [0.717, 1.165) is 41.0 Å². The lowest BCUT2D eigenvalue weighted by molar-refractivity contribution is 0.103. The number of carbonyl (C=O) groups excluding carboxylic acids is 1. The van der Waals surface area contributed by atoms with Crippen molar-refractivity contribution in [2.75, 3.05) is 23.7 Å². The number of nitrogen functional groups attached to an aromatic ring is 1. The molecule has 2 aromatic carbocycles. The number of halogens is 1. The predicted molar refractivity (Wildman–Crippen MR) is 147 cm³/mol. The molecular weight excluding hydrogens is 479 g/mol. The van der Waals surface area contributed by atoms with Crippen molar-refractivity contribution in [3.8, 4) is 22.4 Å². The van der Waals surface area contributed by atoms with Crippen LogP contribution in [-0.2, 0) is 0 Å². The Morgan fingerprint density at radius 3 is 2.53 bits per heavy atom. The second-order valence-electron chi connectivity index (χ2n) is 9.19. The van der Waals surface area contributed by atoms with Gasteiger partial charge in [-0.3, -0.25) is 4.79 Å². The van der Waals surface area contributed by atoms with Gasteiger partial charge in [-0.1, -0.05) is 48.5 Å². The molecule has 0 fully saturated rings. The number of nitrogens with zero attached hydrogens (tertiary/aromatic N) is 3. The molecule has 6 rings (SSSR count). The number of aromatic amines is 2. The highest BCUT2D eigenvalue weighted by Crippen LogP contribution is 2.32. The summed E-state index contributed by atoms with van der Waals surface area (Å²) < 4.78 is 13.2. The zero-order chi connectivity index (χ0) is 26.1. The topological polar surface area (TPSA) is 104 Å². The van der Waals surface area contributed by atoms with Gasteiger partial charge in [-0.2, -0.15) is 0 Å². The summed E-state index contributed by atoms with van der Waals surface area (Å²) in [7, 11) is 0. The standard InChI is InChI=1S/C30H25FN6O/c31-24-8-6-19(7-9-24)20-10-12-37(13-11-20)27-15-23(17-34-27)29(38)26-14-22(16-33-26)28-25(18-35-30(32)36-28)21-4-2-1-3-5-21/h1-10,14-18,33-34H,11-13H2,(H2,32,35,36). The number of ketones is 1. The van der Waals surface area contributed by atoms with Crippen LogP contribution in [0, 0.1) is 5.82 Å². The van der Waals surface area contributed by atoms with Crippen LogP contribution in [0.25, 0.3) is 28.0 Å². The average molecular weight is 505 g/mol. The van der Waals surface area contributed by atoms with Gasteiger partial charge in [0, 0.05) is 48.4 Å². The Bertz CT molecular complexity index is 1640. The first-order valence-corrected chi connectivity index (χ1v) is 12.3. The first-order chi connectivity index (χ1) is 18.5. The number of aromatic nitrogens is 4. The van der Waals surface area contributed by atoms with Gasteiger partial charge in [-0.25, -0.2) is 14.4 Å². The molecule has 188 valence electrons. The van der Waals surface area contributed by atoms with Crippen LogP contribution in [0.2, 0.25) is 0 Å². The minimum atomic E-state index is -0.234. The van der Waals surface area contributed by atoms with E-state index < -0.39 is 0 Å². The van der Waals surface area contributed by atoms with Gasteiger partial charge < -0.3 is 20.6 Å². The van der Waals surface area contributed by atoms with Gasteiger partial charge in [0.15, 0.2) is 0 Å². The van der Waals surface area contributed by atoms with E-state index in [-0.39, 0.29) is 17.5 Å². The summed E-state index contributed by atoms with van der Waals surface area (Å²) in [6.07, 6.45) is 8.18. The molecule has 0 radical (unpaired) electrons. The fraction of sp³-hybridized carbons (Fsp3) is 0.100. The summed E-state index contributed by atoms with van der Waals surface area (Å²) in [5, 5.41) is 0. The number of rotatable bonds is 6. The highest BCUT2D eigenvalue weighted by molar-refractivity contribution is 6.09. The molecular formula is C30H25FN6O. The molecule has 7 nitrogen and oxygen atoms in total. The van der Waals surface area contributed by atoms with E-state index in [1.807, 2.05) is 48.5 Å². The first kappa shape index (κ1) is 23.4. The zero-order valence-corrected chi connectivity index (χ0v) is 20.5. The van der Waals surface area contributed by atoms with Crippen LogP contribution in [0.5, 0.6) is 0 Å². The van der Waals surface area contributed by atoms with Crippen molar-refractivity contribution in [3.63, 3.8) is 0 Å². The van der Waals surface area contributed by atoms with Crippen molar-refractivity contribution in [2.45, 2.75) is 6.42 Å². The van der Waals surface area contributed by atoms with Crippen LogP contribution in [0.15, 0.2) is 91.4 Å². The lowest BCUT2D eigenvalue weighted by Crippen LogP contribution is -2.28. The Hall–Kier alpha value is -4.98. The molecule has 38 heavy (non-hydrogen) atoms. The average Bonchev–Trinajstić information content (AvgIpc) is 3.65. The molecule has 8 heteroatoms. The number of hydrogen-bond donors (Lipinski definition) is 3. The van der Waals surface area contributed by atoms with Gasteiger partial charge in [-0.15, -0.1) is 0 Å². The van der Waals surface area contributed by atoms with Crippen LogP contribution in [0.4, 0.5) is 16.2 Å². The molecule has 0 atom stereocenters. The van der Waals surface area contributed by atoms with E-state index in [4.69, 9.17) is 5.73 Å². The molecule has 1 aliphatic rings. The third kappa shape index (κ3) is 4.59. The minimum absolute atomic E-state index is 0.124. The largest absolute Gasteiger partial charge is 0.368 e. The smallest absolute Gasteiger partial charge is 0.220 e. The Morgan fingerprint density at radius 2 is 1.76 bits per heavy atom. The van der Waals surface area contributed by atoms with Crippen molar-refractivity contribution >= 4 is 23.1 Å². The Balaban J connectivity index is 1.20. The third-order valence-electron chi connectivity index (χ3n) is 6.79. The molecule has 0 unspecified atom stereocenters. The molecule has 5 aromatic rings. The number of hydrogen-bond acceptors (Lipinski definition) is 5. The fourth-order valence-corrected chi connectivity index (χ4v) is 4.77. The molecule has 0 spiro atoms. The van der Waals surface area contributed by atoms with E-state index in [0.29, 0.717) is 23.5 Å². The molecule has 4 N–H and O–H groups in total. The number of benzene rings is 2. The molecule has 0 saturated heterocycles. The van der Waals surface area contributed by atoms with E-state index in [9.17, 15) is 9.18 Å². The Morgan fingerprint density at radius 1 is 0.947 bits per heavy atom. The molecule has 0 amide bonds. The highest BCUT2D eigenvalue weighted by Gasteiger charge is 2.20. The van der Waals surface area contributed by atoms with Gasteiger partial charge >= 0.3 is 0 Å². The molecule has 0 saturated carbocycles. The van der Waals surface area contributed by atoms with E-state index in [2.05, 4.69) is 30.9 Å². The first-order valence-electron chi connectivity index (χ1n) is 12.3. The van der Waals surface area contributed by atoms with Crippen LogP contribution in [-0.4, -0.2) is 38.8 Å². The van der Waals surface area contributed by atoms with E-state index in [1.54, 1.807) is 24.7 Å². The number of anilines is 2. The molecule has 3 aromatic heterocycles. The summed E-state index contributed by atoms with van der Waals surface area (Å²) in [5.74, 6) is 0.690. The molecule has 1 aliphatic heterocycles. The summed E-state index contributed by atoms with van der Waals surface area (Å²) in [6, 6.07) is 20.1. The fourth-order valence-electron chi connectivity index (χ4n) is 4.77. The number of carbonyl (C=O) groups is 1. The van der Waals surface area contributed by atoms with Gasteiger partial charge in [0.2, 0.25) is 11.7 Å². The Labute approximate surface area is 218 Å². The third-order valence-corrected chi connectivity index (χ3v) is 6.79. The van der Waals surface area contributed by atoms with Gasteiger partial charge in [0.1, 0.15) is 11.6 Å². The lowest BCUT2D eigenvalue weighted by atomic mass is 9.99. The monoisotopic (exact) mass is 504 g/mol. The van der Waals surface area contributed by atoms with Crippen LogP contribution < -0.4 is 10.6 Å². The SMILES string of the molecule is Nc1ncc(-c2ccccc2)c(-c2c[nH]c(C(=O)c3c[nH]c(N4CC=C(c5ccc(F)cc5)CC4)c3)c2)n1. The van der Waals surface area contributed by atoms with Crippen LogP contribution in [0.1, 0.15) is 28.0 Å². The summed E-state index contributed by atoms with van der Waals surface area (Å²) in [6.45, 7) is 1.49. The maximum Gasteiger partial charge on any atom is 0.220 e. The minimum Gasteiger partial charge on any atom is -0.368 e. The molecule has 0 aliphatic carbocycles. The van der Waals surface area contributed by atoms with Crippen molar-refractivity contribution in [1.82, 2.24) is 19.9 Å². The number of nitrogens with two attached hydrogens (primary N) is 1. The van der Waals surface area contributed by atoms with Crippen LogP contribution >= 0.6 is 0 Å². The van der Waals surface area contributed by atoms with Gasteiger partial charge in [0.25, 0.3) is 0 Å².